The molecule has 0 amide bonds. The zero-order valence-corrected chi connectivity index (χ0v) is 12.9. The highest BCUT2D eigenvalue weighted by molar-refractivity contribution is 9.10. The number of ether oxygens (including phenoxy) is 1. The Balaban J connectivity index is 2.46. The maximum atomic E-state index is 11.0. The molecule has 2 rings (SSSR count). The van der Waals surface area contributed by atoms with Crippen molar-refractivity contribution in [1.82, 2.24) is 4.98 Å². The number of benzene rings is 1. The first-order valence-corrected chi connectivity index (χ1v) is 6.79. The summed E-state index contributed by atoms with van der Waals surface area (Å²) in [7, 11) is 0. The zero-order valence-electron chi connectivity index (χ0n) is 9.76. The summed E-state index contributed by atoms with van der Waals surface area (Å²) in [5.74, 6) is 0.698. The third-order valence-electron chi connectivity index (χ3n) is 2.38. The van der Waals surface area contributed by atoms with E-state index in [-0.39, 0.29) is 11.4 Å². The van der Waals surface area contributed by atoms with E-state index >= 15 is 0 Å². The Bertz CT molecular complexity index is 647. The molecule has 1 heterocycles. The van der Waals surface area contributed by atoms with Crippen molar-refractivity contribution >= 4 is 37.5 Å². The number of pyridine rings is 1. The summed E-state index contributed by atoms with van der Waals surface area (Å²) in [5, 5.41) is 11.0. The van der Waals surface area contributed by atoms with Crippen LogP contribution in [0.1, 0.15) is 5.56 Å². The van der Waals surface area contributed by atoms with Gasteiger partial charge in [-0.3, -0.25) is 15.1 Å². The van der Waals surface area contributed by atoms with Crippen LogP contribution in [0.2, 0.25) is 0 Å². The van der Waals surface area contributed by atoms with Crippen LogP contribution in [-0.2, 0) is 0 Å². The van der Waals surface area contributed by atoms with E-state index in [0.29, 0.717) is 10.2 Å². The van der Waals surface area contributed by atoms with E-state index < -0.39 is 4.92 Å². The van der Waals surface area contributed by atoms with E-state index in [9.17, 15) is 10.1 Å². The highest BCUT2D eigenvalue weighted by Gasteiger charge is 2.20. The van der Waals surface area contributed by atoms with Crippen molar-refractivity contribution < 1.29 is 9.66 Å². The summed E-state index contributed by atoms with van der Waals surface area (Å²) in [6, 6.07) is 5.43. The van der Waals surface area contributed by atoms with Crippen molar-refractivity contribution in [2.75, 3.05) is 0 Å². The van der Waals surface area contributed by atoms with Crippen LogP contribution >= 0.6 is 31.9 Å². The molecular weight excluding hydrogens is 380 g/mol. The molecule has 0 spiro atoms. The average Bonchev–Trinajstić information content (AvgIpc) is 2.34. The van der Waals surface area contributed by atoms with Crippen LogP contribution in [0.25, 0.3) is 0 Å². The van der Waals surface area contributed by atoms with Gasteiger partial charge in [-0.05, 0) is 46.6 Å². The minimum atomic E-state index is -0.527. The second kappa shape index (κ2) is 5.66. The largest absolute Gasteiger partial charge is 0.449 e. The van der Waals surface area contributed by atoms with Crippen LogP contribution in [0, 0.1) is 17.0 Å². The van der Waals surface area contributed by atoms with E-state index in [0.717, 1.165) is 16.2 Å². The van der Waals surface area contributed by atoms with E-state index in [2.05, 4.69) is 36.8 Å². The number of aromatic nitrogens is 1. The van der Waals surface area contributed by atoms with Gasteiger partial charge in [0.25, 0.3) is 0 Å². The molecule has 19 heavy (non-hydrogen) atoms. The minimum absolute atomic E-state index is 0.144. The van der Waals surface area contributed by atoms with Crippen molar-refractivity contribution in [2.45, 2.75) is 6.92 Å². The van der Waals surface area contributed by atoms with Crippen LogP contribution in [-0.4, -0.2) is 9.91 Å². The van der Waals surface area contributed by atoms with Gasteiger partial charge < -0.3 is 4.74 Å². The van der Waals surface area contributed by atoms with Crippen LogP contribution in [0.5, 0.6) is 11.5 Å². The fraction of sp³-hybridized carbons (Fsp3) is 0.0833. The normalized spacial score (nSPS) is 10.3. The van der Waals surface area contributed by atoms with Gasteiger partial charge in [0.15, 0.2) is 0 Å². The molecule has 7 heteroatoms. The number of hydrogen-bond acceptors (Lipinski definition) is 4. The number of hydrogen-bond donors (Lipinski definition) is 0. The molecule has 0 saturated heterocycles. The molecule has 0 unspecified atom stereocenters. The standard InChI is InChI=1S/C12H8Br2N2O3/c1-7-4-8(13)2-3-11(7)19-12-9(14)5-15-6-10(12)16(17)18/h2-6H,1H3. The second-order valence-corrected chi connectivity index (χ2v) is 5.51. The van der Waals surface area contributed by atoms with Gasteiger partial charge in [-0.2, -0.15) is 0 Å². The van der Waals surface area contributed by atoms with Gasteiger partial charge in [0, 0.05) is 10.7 Å². The lowest BCUT2D eigenvalue weighted by Gasteiger charge is -2.10. The fourth-order valence-corrected chi connectivity index (χ4v) is 2.36. The Hall–Kier alpha value is -1.47. The predicted octanol–water partition coefficient (Wildman–Crippen LogP) is 4.62. The minimum Gasteiger partial charge on any atom is -0.449 e. The van der Waals surface area contributed by atoms with Gasteiger partial charge >= 0.3 is 5.69 Å². The maximum absolute atomic E-state index is 11.0. The van der Waals surface area contributed by atoms with Gasteiger partial charge in [-0.15, -0.1) is 0 Å². The van der Waals surface area contributed by atoms with Crippen molar-refractivity contribution in [3.63, 3.8) is 0 Å². The second-order valence-electron chi connectivity index (χ2n) is 3.74. The molecule has 0 bridgehead atoms. The Labute approximate surface area is 126 Å². The summed E-state index contributed by atoms with van der Waals surface area (Å²) in [6.07, 6.45) is 2.62. The molecular formula is C12H8Br2N2O3. The molecule has 0 aliphatic rings. The van der Waals surface area contributed by atoms with E-state index in [4.69, 9.17) is 4.74 Å². The first kappa shape index (κ1) is 14.0. The third kappa shape index (κ3) is 3.10. The van der Waals surface area contributed by atoms with Crippen molar-refractivity contribution in [1.29, 1.82) is 0 Å². The number of nitro groups is 1. The first-order valence-electron chi connectivity index (χ1n) is 5.21. The predicted molar refractivity (Wildman–Crippen MR) is 77.5 cm³/mol. The lowest BCUT2D eigenvalue weighted by Crippen LogP contribution is -1.96. The molecule has 5 nitrogen and oxygen atoms in total. The molecule has 98 valence electrons. The van der Waals surface area contributed by atoms with E-state index in [1.165, 1.54) is 6.20 Å². The Morgan fingerprint density at radius 3 is 2.68 bits per heavy atom. The number of halogens is 2. The number of nitrogens with zero attached hydrogens (tertiary/aromatic N) is 2. The van der Waals surface area contributed by atoms with Gasteiger partial charge in [0.05, 0.1) is 9.40 Å². The SMILES string of the molecule is Cc1cc(Br)ccc1Oc1c(Br)cncc1[N+](=O)[O-]. The molecule has 0 N–H and O–H groups in total. The van der Waals surface area contributed by atoms with Crippen molar-refractivity contribution in [3.05, 3.63) is 55.2 Å². The van der Waals surface area contributed by atoms with Gasteiger partial charge in [-0.1, -0.05) is 15.9 Å². The lowest BCUT2D eigenvalue weighted by atomic mass is 10.2. The molecule has 0 fully saturated rings. The van der Waals surface area contributed by atoms with Gasteiger partial charge in [0.2, 0.25) is 5.75 Å². The summed E-state index contributed by atoms with van der Waals surface area (Å²) >= 11 is 6.56. The average molecular weight is 388 g/mol. The highest BCUT2D eigenvalue weighted by atomic mass is 79.9. The molecule has 0 atom stereocenters. The van der Waals surface area contributed by atoms with E-state index in [1.807, 2.05) is 19.1 Å². The zero-order chi connectivity index (χ0) is 14.0. The van der Waals surface area contributed by atoms with E-state index in [1.54, 1.807) is 6.07 Å². The first-order chi connectivity index (χ1) is 8.99. The lowest BCUT2D eigenvalue weighted by molar-refractivity contribution is -0.386. The highest BCUT2D eigenvalue weighted by Crippen LogP contribution is 2.38. The molecule has 1 aromatic carbocycles. The Morgan fingerprint density at radius 1 is 1.32 bits per heavy atom. The summed E-state index contributed by atoms with van der Waals surface area (Å²) in [4.78, 5) is 14.2. The number of rotatable bonds is 3. The molecule has 1 aromatic heterocycles. The molecule has 2 aromatic rings. The van der Waals surface area contributed by atoms with Crippen LogP contribution in [0.4, 0.5) is 5.69 Å². The number of aryl methyl sites for hydroxylation is 1. The van der Waals surface area contributed by atoms with Crippen LogP contribution in [0.15, 0.2) is 39.5 Å². The molecule has 0 saturated carbocycles. The summed E-state index contributed by atoms with van der Waals surface area (Å²) in [5.41, 5.74) is 0.684. The summed E-state index contributed by atoms with van der Waals surface area (Å²) < 4.78 is 6.99. The van der Waals surface area contributed by atoms with Crippen molar-refractivity contribution in [2.24, 2.45) is 0 Å². The smallest absolute Gasteiger partial charge is 0.330 e. The summed E-state index contributed by atoms with van der Waals surface area (Å²) in [6.45, 7) is 1.86. The molecule has 0 aliphatic carbocycles. The van der Waals surface area contributed by atoms with Crippen LogP contribution in [0.3, 0.4) is 0 Å². The monoisotopic (exact) mass is 386 g/mol. The molecule has 0 radical (unpaired) electrons. The van der Waals surface area contributed by atoms with Crippen LogP contribution < -0.4 is 4.74 Å². The topological polar surface area (TPSA) is 65.3 Å². The Morgan fingerprint density at radius 2 is 2.05 bits per heavy atom. The third-order valence-corrected chi connectivity index (χ3v) is 3.44. The Kier molecular flexibility index (Phi) is 4.16. The fourth-order valence-electron chi connectivity index (χ4n) is 1.48. The van der Waals surface area contributed by atoms with Crippen molar-refractivity contribution in [3.8, 4) is 11.5 Å². The maximum Gasteiger partial charge on any atom is 0.330 e. The molecule has 0 aliphatic heterocycles. The van der Waals surface area contributed by atoms with Gasteiger partial charge in [0.1, 0.15) is 11.9 Å². The quantitative estimate of drug-likeness (QED) is 0.569. The van der Waals surface area contributed by atoms with Gasteiger partial charge in [-0.25, -0.2) is 0 Å².